The van der Waals surface area contributed by atoms with E-state index in [1.54, 1.807) is 12.1 Å². The zero-order valence-electron chi connectivity index (χ0n) is 14.0. The summed E-state index contributed by atoms with van der Waals surface area (Å²) in [4.78, 5) is 11.4. The number of thiocarbonyl (C=S) groups is 1. The normalized spacial score (nSPS) is 12.3. The molecule has 0 aliphatic heterocycles. The number of aromatic hydroxyl groups is 1. The van der Waals surface area contributed by atoms with Gasteiger partial charge in [0.1, 0.15) is 11.8 Å². The van der Waals surface area contributed by atoms with Crippen LogP contribution in [0.25, 0.3) is 0 Å². The Morgan fingerprint density at radius 1 is 1.04 bits per heavy atom. The molecule has 0 spiro atoms. The van der Waals surface area contributed by atoms with Crippen LogP contribution in [0.5, 0.6) is 5.75 Å². The van der Waals surface area contributed by atoms with Crippen LogP contribution in [-0.4, -0.2) is 33.5 Å². The highest BCUT2D eigenvalue weighted by Crippen LogP contribution is 2.22. The number of carboxylic acid groups (broad SMARTS) is 1. The molecule has 0 aromatic heterocycles. The van der Waals surface area contributed by atoms with Crippen molar-refractivity contribution in [1.82, 2.24) is 5.32 Å². The van der Waals surface area contributed by atoms with E-state index in [9.17, 15) is 28.2 Å². The number of alkyl halides is 3. The summed E-state index contributed by atoms with van der Waals surface area (Å²) in [5, 5.41) is 24.0. The van der Waals surface area contributed by atoms with Crippen LogP contribution in [0.3, 0.4) is 0 Å². The molecule has 2 rings (SSSR count). The predicted octanol–water partition coefficient (Wildman–Crippen LogP) is 3.48. The molecule has 1 unspecified atom stereocenters. The fourth-order valence-electron chi connectivity index (χ4n) is 2.33. The molecule has 2 aromatic rings. The first-order valence-electron chi connectivity index (χ1n) is 7.86. The highest BCUT2D eigenvalue weighted by Gasteiger charge is 2.27. The predicted molar refractivity (Wildman–Crippen MR) is 98.8 cm³/mol. The van der Waals surface area contributed by atoms with Gasteiger partial charge in [-0.1, -0.05) is 24.3 Å². The summed E-state index contributed by atoms with van der Waals surface area (Å²) in [6.45, 7) is 0. The number of nitrogens with one attached hydrogen (secondary N) is 2. The first-order valence-corrected chi connectivity index (χ1v) is 8.27. The fraction of sp³-hybridized carbons (Fsp3) is 0.222. The van der Waals surface area contributed by atoms with Gasteiger partial charge in [-0.2, -0.15) is 13.2 Å². The van der Waals surface area contributed by atoms with E-state index in [2.05, 4.69) is 10.6 Å². The summed E-state index contributed by atoms with van der Waals surface area (Å²) in [6, 6.07) is 10.6. The number of halogens is 3. The molecule has 2 aromatic carbocycles. The van der Waals surface area contributed by atoms with Crippen LogP contribution in [0, 0.1) is 0 Å². The van der Waals surface area contributed by atoms with Crippen LogP contribution in [-0.2, 0) is 17.6 Å². The van der Waals surface area contributed by atoms with Crippen LogP contribution in [0.2, 0.25) is 0 Å². The third-order valence-corrected chi connectivity index (χ3v) is 3.82. The summed E-state index contributed by atoms with van der Waals surface area (Å²) in [5.74, 6) is -1.04. The van der Waals surface area contributed by atoms with Gasteiger partial charge in [0.2, 0.25) is 0 Å². The highest BCUT2D eigenvalue weighted by molar-refractivity contribution is 7.80. The number of phenolic OH excluding ortho intramolecular Hbond substituents is 1. The molecule has 0 heterocycles. The van der Waals surface area contributed by atoms with Crippen LogP contribution < -0.4 is 10.6 Å². The van der Waals surface area contributed by atoms with E-state index < -0.39 is 24.6 Å². The lowest BCUT2D eigenvalue weighted by Crippen LogP contribution is -2.44. The summed E-state index contributed by atoms with van der Waals surface area (Å²) < 4.78 is 37.1. The van der Waals surface area contributed by atoms with E-state index in [-0.39, 0.29) is 22.8 Å². The molecule has 0 bridgehead atoms. The van der Waals surface area contributed by atoms with Crippen LogP contribution in [0.4, 0.5) is 18.9 Å². The monoisotopic (exact) mass is 398 g/mol. The molecule has 0 aliphatic carbocycles. The quantitative estimate of drug-likeness (QED) is 0.558. The van der Waals surface area contributed by atoms with Gasteiger partial charge in [-0.05, 0) is 47.6 Å². The highest BCUT2D eigenvalue weighted by atomic mass is 32.1. The third-order valence-electron chi connectivity index (χ3n) is 3.60. The molecule has 27 heavy (non-hydrogen) atoms. The Hall–Kier alpha value is -2.81. The van der Waals surface area contributed by atoms with Gasteiger partial charge in [0.05, 0.1) is 6.42 Å². The Bertz CT molecular complexity index is 793. The van der Waals surface area contributed by atoms with E-state index >= 15 is 0 Å². The number of benzene rings is 2. The Balaban J connectivity index is 1.95. The molecule has 0 radical (unpaired) electrons. The first kappa shape index (κ1) is 20.5. The Kier molecular flexibility index (Phi) is 6.62. The van der Waals surface area contributed by atoms with Crippen molar-refractivity contribution in [2.45, 2.75) is 25.1 Å². The number of carboxylic acids is 1. The van der Waals surface area contributed by atoms with Crippen molar-refractivity contribution < 1.29 is 28.2 Å². The van der Waals surface area contributed by atoms with Crippen LogP contribution >= 0.6 is 12.2 Å². The minimum Gasteiger partial charge on any atom is -0.508 e. The van der Waals surface area contributed by atoms with Gasteiger partial charge in [0, 0.05) is 12.1 Å². The molecule has 0 amide bonds. The van der Waals surface area contributed by atoms with Gasteiger partial charge in [-0.15, -0.1) is 0 Å². The Morgan fingerprint density at radius 2 is 1.59 bits per heavy atom. The van der Waals surface area contributed by atoms with E-state index in [0.29, 0.717) is 11.3 Å². The lowest BCUT2D eigenvalue weighted by Gasteiger charge is -2.18. The second-order valence-electron chi connectivity index (χ2n) is 5.85. The summed E-state index contributed by atoms with van der Waals surface area (Å²) in [6.07, 6.45) is -5.18. The zero-order valence-corrected chi connectivity index (χ0v) is 14.8. The summed E-state index contributed by atoms with van der Waals surface area (Å²) in [5.41, 5.74) is 1.24. The molecule has 144 valence electrons. The molecule has 0 fully saturated rings. The second kappa shape index (κ2) is 8.72. The van der Waals surface area contributed by atoms with Gasteiger partial charge >= 0.3 is 12.1 Å². The average Bonchev–Trinajstić information content (AvgIpc) is 2.56. The van der Waals surface area contributed by atoms with Crippen molar-refractivity contribution in [1.29, 1.82) is 0 Å². The molecular weight excluding hydrogens is 381 g/mol. The van der Waals surface area contributed by atoms with E-state index in [4.69, 9.17) is 12.2 Å². The van der Waals surface area contributed by atoms with E-state index in [1.807, 2.05) is 0 Å². The second-order valence-corrected chi connectivity index (χ2v) is 6.26. The maximum atomic E-state index is 12.4. The summed E-state index contributed by atoms with van der Waals surface area (Å²) in [7, 11) is 0. The number of rotatable bonds is 6. The molecule has 5 nitrogen and oxygen atoms in total. The number of hydrogen-bond acceptors (Lipinski definition) is 3. The molecular formula is C18H17F3N2O3S. The van der Waals surface area contributed by atoms with Gasteiger partial charge in [0.25, 0.3) is 0 Å². The zero-order chi connectivity index (χ0) is 20.0. The van der Waals surface area contributed by atoms with Crippen molar-refractivity contribution in [2.24, 2.45) is 0 Å². The SMILES string of the molecule is O=C(O)C(Cc1ccc(O)cc1)NC(=S)Nc1ccc(CC(F)(F)F)cc1. The molecule has 0 saturated heterocycles. The minimum absolute atomic E-state index is 0.0322. The van der Waals surface area contributed by atoms with E-state index in [0.717, 1.165) is 0 Å². The smallest absolute Gasteiger partial charge is 0.393 e. The van der Waals surface area contributed by atoms with Crippen LogP contribution in [0.15, 0.2) is 48.5 Å². The van der Waals surface area contributed by atoms with Crippen molar-refractivity contribution in [3.05, 3.63) is 59.7 Å². The average molecular weight is 398 g/mol. The van der Waals surface area contributed by atoms with Crippen molar-refractivity contribution in [3.63, 3.8) is 0 Å². The topological polar surface area (TPSA) is 81.6 Å². The Labute approximate surface area is 158 Å². The van der Waals surface area contributed by atoms with Gasteiger partial charge in [0.15, 0.2) is 5.11 Å². The number of carbonyl (C=O) groups is 1. The Morgan fingerprint density at radius 3 is 2.11 bits per heavy atom. The summed E-state index contributed by atoms with van der Waals surface area (Å²) >= 11 is 5.08. The van der Waals surface area contributed by atoms with Crippen molar-refractivity contribution in [3.8, 4) is 5.75 Å². The third kappa shape index (κ3) is 7.14. The first-order chi connectivity index (χ1) is 12.6. The van der Waals surface area contributed by atoms with Crippen molar-refractivity contribution >= 4 is 29.0 Å². The number of aliphatic carboxylic acids is 1. The van der Waals surface area contributed by atoms with E-state index in [1.165, 1.54) is 36.4 Å². The largest absolute Gasteiger partial charge is 0.508 e. The van der Waals surface area contributed by atoms with Crippen LogP contribution in [0.1, 0.15) is 11.1 Å². The number of hydrogen-bond donors (Lipinski definition) is 4. The molecule has 0 aliphatic rings. The molecule has 0 saturated carbocycles. The van der Waals surface area contributed by atoms with Gasteiger partial charge in [-0.3, -0.25) is 0 Å². The maximum absolute atomic E-state index is 12.4. The number of anilines is 1. The molecule has 9 heteroatoms. The molecule has 4 N–H and O–H groups in total. The maximum Gasteiger partial charge on any atom is 0.393 e. The number of phenols is 1. The fourth-order valence-corrected chi connectivity index (χ4v) is 2.59. The lowest BCUT2D eigenvalue weighted by molar-refractivity contribution is -0.139. The van der Waals surface area contributed by atoms with Gasteiger partial charge < -0.3 is 20.8 Å². The minimum atomic E-state index is -4.28. The lowest BCUT2D eigenvalue weighted by atomic mass is 10.1. The van der Waals surface area contributed by atoms with Crippen molar-refractivity contribution in [2.75, 3.05) is 5.32 Å². The van der Waals surface area contributed by atoms with Gasteiger partial charge in [-0.25, -0.2) is 4.79 Å². The molecule has 1 atom stereocenters. The standard InChI is InChI=1S/C18H17F3N2O3S/c19-18(20,21)10-12-1-5-13(6-2-12)22-17(27)23-15(16(25)26)9-11-3-7-14(24)8-4-11/h1-8,15,24H,9-10H2,(H,25,26)(H2,22,23,27).